The van der Waals surface area contributed by atoms with E-state index < -0.39 is 10.8 Å². The molecule has 0 aromatic carbocycles. The molecule has 118 valence electrons. The van der Waals surface area contributed by atoms with Gasteiger partial charge in [0.1, 0.15) is 0 Å². The number of aromatic nitrogens is 3. The maximum absolute atomic E-state index is 12.5. The minimum absolute atomic E-state index is 0.0392. The van der Waals surface area contributed by atoms with E-state index in [-0.39, 0.29) is 5.91 Å². The molecule has 6 nitrogen and oxygen atoms in total. The van der Waals surface area contributed by atoms with Gasteiger partial charge in [0.25, 0.3) is 5.91 Å². The first-order chi connectivity index (χ1) is 10.5. The molecule has 0 spiro atoms. The Hall–Kier alpha value is -1.76. The summed E-state index contributed by atoms with van der Waals surface area (Å²) < 4.78 is 13.3. The van der Waals surface area contributed by atoms with E-state index in [9.17, 15) is 9.00 Å². The summed E-state index contributed by atoms with van der Waals surface area (Å²) in [6, 6.07) is 1.85. The molecule has 3 heterocycles. The molecule has 1 fully saturated rings. The average Bonchev–Trinajstić information content (AvgIpc) is 2.89. The second-order valence-corrected chi connectivity index (χ2v) is 7.69. The van der Waals surface area contributed by atoms with Gasteiger partial charge in [-0.15, -0.1) is 0 Å². The van der Waals surface area contributed by atoms with Crippen molar-refractivity contribution in [2.24, 2.45) is 5.92 Å². The molecule has 0 radical (unpaired) electrons. The van der Waals surface area contributed by atoms with E-state index in [4.69, 9.17) is 0 Å². The van der Waals surface area contributed by atoms with E-state index in [2.05, 4.69) is 23.9 Å². The monoisotopic (exact) mass is 320 g/mol. The topological polar surface area (TPSA) is 68.1 Å². The molecule has 1 saturated heterocycles. The van der Waals surface area contributed by atoms with Crippen LogP contribution in [0.4, 0.5) is 0 Å². The van der Waals surface area contributed by atoms with Crippen molar-refractivity contribution in [1.29, 1.82) is 0 Å². The first kappa shape index (κ1) is 15.1. The molecular weight excluding hydrogens is 300 g/mol. The Labute approximate surface area is 132 Å². The standard InChI is InChI=1S/C15H20N4O2S/c1-11(2)10-19-14-12(9-17-19)7-13(8-16-14)15(20)18-3-5-22(21)6-4-18/h7-9,11H,3-6,10H2,1-2H3. The Bertz CT molecular complexity index is 715. The predicted octanol–water partition coefficient (Wildman–Crippen LogP) is 1.29. The number of hydrogen-bond donors (Lipinski definition) is 0. The average molecular weight is 320 g/mol. The van der Waals surface area contributed by atoms with Crippen molar-refractivity contribution in [1.82, 2.24) is 19.7 Å². The van der Waals surface area contributed by atoms with Crippen LogP contribution in [-0.2, 0) is 17.3 Å². The van der Waals surface area contributed by atoms with Crippen molar-refractivity contribution in [3.05, 3.63) is 24.0 Å². The first-order valence-corrected chi connectivity index (χ1v) is 8.99. The van der Waals surface area contributed by atoms with Gasteiger partial charge < -0.3 is 4.90 Å². The Morgan fingerprint density at radius 2 is 2.05 bits per heavy atom. The zero-order valence-electron chi connectivity index (χ0n) is 12.9. The number of amides is 1. The van der Waals surface area contributed by atoms with Crippen LogP contribution in [0.1, 0.15) is 24.2 Å². The fourth-order valence-corrected chi connectivity index (χ4v) is 3.64. The smallest absolute Gasteiger partial charge is 0.255 e. The number of carbonyl (C=O) groups excluding carboxylic acids is 1. The van der Waals surface area contributed by atoms with Crippen LogP contribution >= 0.6 is 0 Å². The number of fused-ring (bicyclic) bond motifs is 1. The fraction of sp³-hybridized carbons (Fsp3) is 0.533. The van der Waals surface area contributed by atoms with E-state index in [1.165, 1.54) is 0 Å². The van der Waals surface area contributed by atoms with Gasteiger partial charge in [-0.1, -0.05) is 13.8 Å². The van der Waals surface area contributed by atoms with E-state index in [1.807, 2.05) is 10.7 Å². The van der Waals surface area contributed by atoms with E-state index in [0.29, 0.717) is 36.1 Å². The molecule has 0 bridgehead atoms. The van der Waals surface area contributed by atoms with Gasteiger partial charge in [0, 0.05) is 53.5 Å². The third-order valence-electron chi connectivity index (χ3n) is 3.73. The van der Waals surface area contributed by atoms with Gasteiger partial charge in [0.05, 0.1) is 11.8 Å². The largest absolute Gasteiger partial charge is 0.337 e. The molecule has 1 amide bonds. The molecule has 2 aromatic rings. The predicted molar refractivity (Wildman–Crippen MR) is 86.1 cm³/mol. The molecular formula is C15H20N4O2S. The lowest BCUT2D eigenvalue weighted by atomic mass is 10.2. The van der Waals surface area contributed by atoms with Crippen LogP contribution in [0.2, 0.25) is 0 Å². The second kappa shape index (κ2) is 6.16. The van der Waals surface area contributed by atoms with Gasteiger partial charge in [-0.3, -0.25) is 9.00 Å². The molecule has 7 heteroatoms. The second-order valence-electron chi connectivity index (χ2n) is 6.00. The lowest BCUT2D eigenvalue weighted by Crippen LogP contribution is -2.41. The summed E-state index contributed by atoms with van der Waals surface area (Å²) in [5.41, 5.74) is 1.38. The van der Waals surface area contributed by atoms with Gasteiger partial charge in [0.15, 0.2) is 5.65 Å². The summed E-state index contributed by atoms with van der Waals surface area (Å²) in [4.78, 5) is 18.7. The highest BCUT2D eigenvalue weighted by molar-refractivity contribution is 7.85. The summed E-state index contributed by atoms with van der Waals surface area (Å²) >= 11 is 0. The maximum atomic E-state index is 12.5. The highest BCUT2D eigenvalue weighted by Gasteiger charge is 2.22. The Balaban J connectivity index is 1.83. The van der Waals surface area contributed by atoms with Gasteiger partial charge in [-0.05, 0) is 12.0 Å². The number of rotatable bonds is 3. The van der Waals surface area contributed by atoms with E-state index in [1.54, 1.807) is 17.3 Å². The maximum Gasteiger partial charge on any atom is 0.255 e. The normalized spacial score (nSPS) is 16.6. The SMILES string of the molecule is CC(C)Cn1ncc2cc(C(=O)N3CCS(=O)CC3)cnc21. The number of pyridine rings is 1. The van der Waals surface area contributed by atoms with Crippen molar-refractivity contribution in [3.63, 3.8) is 0 Å². The number of nitrogens with zero attached hydrogens (tertiary/aromatic N) is 4. The van der Waals surface area contributed by atoms with Crippen LogP contribution in [0.3, 0.4) is 0 Å². The van der Waals surface area contributed by atoms with Crippen LogP contribution in [-0.4, -0.2) is 54.4 Å². The molecule has 0 saturated carbocycles. The molecule has 2 aromatic heterocycles. The number of hydrogen-bond acceptors (Lipinski definition) is 4. The summed E-state index contributed by atoms with van der Waals surface area (Å²) in [6.45, 7) is 6.17. The third-order valence-corrected chi connectivity index (χ3v) is 5.00. The van der Waals surface area contributed by atoms with E-state index >= 15 is 0 Å². The van der Waals surface area contributed by atoms with Gasteiger partial charge >= 0.3 is 0 Å². The number of carbonyl (C=O) groups is 1. The summed E-state index contributed by atoms with van der Waals surface area (Å²) in [7, 11) is -0.781. The van der Waals surface area contributed by atoms with Crippen molar-refractivity contribution < 1.29 is 9.00 Å². The Morgan fingerprint density at radius 3 is 2.73 bits per heavy atom. The van der Waals surface area contributed by atoms with Crippen LogP contribution in [0.25, 0.3) is 11.0 Å². The minimum Gasteiger partial charge on any atom is -0.337 e. The lowest BCUT2D eigenvalue weighted by Gasteiger charge is -2.26. The molecule has 1 aliphatic heterocycles. The Morgan fingerprint density at radius 1 is 1.32 bits per heavy atom. The molecule has 0 unspecified atom stereocenters. The highest BCUT2D eigenvalue weighted by Crippen LogP contribution is 2.16. The summed E-state index contributed by atoms with van der Waals surface area (Å²) in [5, 5.41) is 5.23. The van der Waals surface area contributed by atoms with Crippen LogP contribution in [0, 0.1) is 5.92 Å². The van der Waals surface area contributed by atoms with Gasteiger partial charge in [0.2, 0.25) is 0 Å². The van der Waals surface area contributed by atoms with E-state index in [0.717, 1.165) is 17.6 Å². The van der Waals surface area contributed by atoms with Crippen molar-refractivity contribution >= 4 is 27.7 Å². The quantitative estimate of drug-likeness (QED) is 0.855. The highest BCUT2D eigenvalue weighted by atomic mass is 32.2. The fourth-order valence-electron chi connectivity index (χ4n) is 2.59. The third kappa shape index (κ3) is 3.04. The Kier molecular flexibility index (Phi) is 4.24. The molecule has 3 rings (SSSR count). The van der Waals surface area contributed by atoms with Crippen LogP contribution in [0.5, 0.6) is 0 Å². The molecule has 0 N–H and O–H groups in total. The molecule has 22 heavy (non-hydrogen) atoms. The molecule has 0 atom stereocenters. The zero-order valence-corrected chi connectivity index (χ0v) is 13.7. The first-order valence-electron chi connectivity index (χ1n) is 7.50. The minimum atomic E-state index is -0.781. The molecule has 0 aliphatic carbocycles. The van der Waals surface area contributed by atoms with Crippen LogP contribution in [0.15, 0.2) is 18.5 Å². The van der Waals surface area contributed by atoms with Crippen molar-refractivity contribution in [2.75, 3.05) is 24.6 Å². The van der Waals surface area contributed by atoms with Gasteiger partial charge in [-0.2, -0.15) is 5.10 Å². The summed E-state index contributed by atoms with van der Waals surface area (Å²) in [6.07, 6.45) is 3.38. The van der Waals surface area contributed by atoms with Crippen LogP contribution < -0.4 is 0 Å². The summed E-state index contributed by atoms with van der Waals surface area (Å²) in [5.74, 6) is 1.57. The van der Waals surface area contributed by atoms with Crippen molar-refractivity contribution in [3.8, 4) is 0 Å². The zero-order chi connectivity index (χ0) is 15.7. The lowest BCUT2D eigenvalue weighted by molar-refractivity contribution is 0.0771. The van der Waals surface area contributed by atoms with Gasteiger partial charge in [-0.25, -0.2) is 9.67 Å². The van der Waals surface area contributed by atoms with Crippen molar-refractivity contribution in [2.45, 2.75) is 20.4 Å². The molecule has 1 aliphatic rings.